The maximum atomic E-state index is 13.0. The molecule has 1 saturated heterocycles. The number of ether oxygens (including phenoxy) is 3. The number of carboxylic acids is 1. The summed E-state index contributed by atoms with van der Waals surface area (Å²) in [6, 6.07) is -1.12. The number of rotatable bonds is 6. The van der Waals surface area contributed by atoms with Crippen molar-refractivity contribution in [2.24, 2.45) is 17.6 Å². The Morgan fingerprint density at radius 2 is 1.52 bits per heavy atom. The summed E-state index contributed by atoms with van der Waals surface area (Å²) in [5.74, 6) is -5.91. The molecule has 306 valence electrons. The highest BCUT2D eigenvalue weighted by Crippen LogP contribution is 2.26. The van der Waals surface area contributed by atoms with Gasteiger partial charge in [-0.25, -0.2) is 0 Å². The van der Waals surface area contributed by atoms with Crippen LogP contribution in [0.4, 0.5) is 0 Å². The number of ketones is 2. The standard InChI is InChI=1S/C39H61NO14/c1-4-14-27-17-11-9-7-6-8-10-12-18-28(54-39-36(48)34(40)35(47)23(3)52-39)22-32(46)33(37(49)50)31(45)21-26(43)19-24(41)15-13-16-25(42)20-30(44)29(5-2)38(51)53-27/h6-12,18,23-24,27-36,39,41,44-48H,4-5,13-17,19-22,40H2,1-3H3,(H,49,50)/t23-,24-,27-,28+,29-,30-,31-,32+,33-,34+,35+,36+,39+/m1/s1. The number of hydrogen-bond acceptors (Lipinski definition) is 14. The molecule has 54 heavy (non-hydrogen) atoms. The van der Waals surface area contributed by atoms with Gasteiger partial charge in [-0.1, -0.05) is 68.9 Å². The van der Waals surface area contributed by atoms with Gasteiger partial charge in [0, 0.05) is 38.5 Å². The van der Waals surface area contributed by atoms with E-state index in [-0.39, 0.29) is 37.9 Å². The van der Waals surface area contributed by atoms with Gasteiger partial charge in [-0.05, 0) is 32.6 Å². The van der Waals surface area contributed by atoms with Gasteiger partial charge in [0.1, 0.15) is 29.7 Å². The highest BCUT2D eigenvalue weighted by molar-refractivity contribution is 5.81. The van der Waals surface area contributed by atoms with Gasteiger partial charge in [0.25, 0.3) is 0 Å². The van der Waals surface area contributed by atoms with Crippen molar-refractivity contribution < 1.29 is 69.1 Å². The molecular formula is C39H61NO14. The van der Waals surface area contributed by atoms with Crippen LogP contribution in [0.2, 0.25) is 0 Å². The molecule has 1 fully saturated rings. The van der Waals surface area contributed by atoms with Crippen LogP contribution in [0.1, 0.15) is 91.4 Å². The minimum absolute atomic E-state index is 0.0261. The highest BCUT2D eigenvalue weighted by atomic mass is 16.7. The van der Waals surface area contributed by atoms with E-state index in [2.05, 4.69) is 0 Å². The lowest BCUT2D eigenvalue weighted by atomic mass is 9.88. The van der Waals surface area contributed by atoms with Gasteiger partial charge in [0.2, 0.25) is 0 Å². The molecule has 0 saturated carbocycles. The highest BCUT2D eigenvalue weighted by Gasteiger charge is 2.43. The first-order valence-electron chi connectivity index (χ1n) is 18.9. The number of nitrogens with two attached hydrogens (primary N) is 1. The number of hydrogen-bond donors (Lipinski definition) is 8. The average Bonchev–Trinajstić information content (AvgIpc) is 3.08. The first-order chi connectivity index (χ1) is 25.6. The van der Waals surface area contributed by atoms with Gasteiger partial charge in [0.15, 0.2) is 6.29 Å². The largest absolute Gasteiger partial charge is 0.481 e. The molecule has 0 unspecified atom stereocenters. The fourth-order valence-corrected chi connectivity index (χ4v) is 6.47. The second-order valence-electron chi connectivity index (χ2n) is 14.2. The molecule has 2 heterocycles. The second kappa shape index (κ2) is 24.4. The molecule has 2 aliphatic heterocycles. The lowest BCUT2D eigenvalue weighted by molar-refractivity contribution is -0.277. The smallest absolute Gasteiger partial charge is 0.311 e. The molecule has 0 bridgehead atoms. The van der Waals surface area contributed by atoms with Crippen molar-refractivity contribution in [3.05, 3.63) is 48.6 Å². The Morgan fingerprint density at radius 1 is 0.870 bits per heavy atom. The van der Waals surface area contributed by atoms with E-state index in [1.807, 2.05) is 13.0 Å². The van der Waals surface area contributed by atoms with Crippen molar-refractivity contribution in [3.8, 4) is 0 Å². The van der Waals surface area contributed by atoms with E-state index in [9.17, 15) is 54.9 Å². The zero-order chi connectivity index (χ0) is 40.4. The molecule has 15 heteroatoms. The maximum Gasteiger partial charge on any atom is 0.311 e. The number of esters is 1. The number of Topliss-reactive ketones (excluding diaryl/α,β-unsaturated/α-hetero) is 2. The van der Waals surface area contributed by atoms with Crippen LogP contribution in [0.3, 0.4) is 0 Å². The summed E-state index contributed by atoms with van der Waals surface area (Å²) in [7, 11) is 0. The zero-order valence-corrected chi connectivity index (χ0v) is 31.5. The minimum atomic E-state index is -1.84. The third-order valence-electron chi connectivity index (χ3n) is 9.64. The topological polar surface area (TPSA) is 264 Å². The van der Waals surface area contributed by atoms with Crippen molar-refractivity contribution >= 4 is 23.5 Å². The lowest BCUT2D eigenvalue weighted by Crippen LogP contribution is -2.61. The van der Waals surface area contributed by atoms with Crippen molar-refractivity contribution in [1.82, 2.24) is 0 Å². The third kappa shape index (κ3) is 15.9. The van der Waals surface area contributed by atoms with Crippen LogP contribution in [-0.4, -0.2) is 127 Å². The quantitative estimate of drug-likeness (QED) is 0.178. The van der Waals surface area contributed by atoms with Crippen molar-refractivity contribution in [3.63, 3.8) is 0 Å². The molecule has 15 nitrogen and oxygen atoms in total. The normalized spacial score (nSPS) is 36.6. The Hall–Kier alpha value is -3.12. The van der Waals surface area contributed by atoms with Crippen LogP contribution in [0.5, 0.6) is 0 Å². The first-order valence-corrected chi connectivity index (χ1v) is 18.9. The predicted octanol–water partition coefficient (Wildman–Crippen LogP) is 1.55. The molecule has 2 rings (SSSR count). The van der Waals surface area contributed by atoms with Gasteiger partial charge in [-0.3, -0.25) is 19.2 Å². The van der Waals surface area contributed by atoms with Gasteiger partial charge in [-0.15, -0.1) is 0 Å². The number of aliphatic carboxylic acids is 1. The number of carboxylic acid groups (broad SMARTS) is 1. The number of aliphatic hydroxyl groups is 6. The van der Waals surface area contributed by atoms with Gasteiger partial charge < -0.3 is 55.7 Å². The average molecular weight is 768 g/mol. The summed E-state index contributed by atoms with van der Waals surface area (Å²) in [6.07, 6.45) is 1.33. The number of carbonyl (C=O) groups excluding carboxylic acids is 3. The van der Waals surface area contributed by atoms with Crippen molar-refractivity contribution in [1.29, 1.82) is 0 Å². The van der Waals surface area contributed by atoms with Crippen LogP contribution in [0.25, 0.3) is 0 Å². The fraction of sp³-hybridized carbons (Fsp3) is 0.692. The maximum absolute atomic E-state index is 13.0. The van der Waals surface area contributed by atoms with E-state index >= 15 is 0 Å². The minimum Gasteiger partial charge on any atom is -0.481 e. The van der Waals surface area contributed by atoms with Crippen LogP contribution in [0.15, 0.2) is 48.6 Å². The van der Waals surface area contributed by atoms with Gasteiger partial charge in [0.05, 0.1) is 54.7 Å². The Bertz CT molecular complexity index is 1300. The summed E-state index contributed by atoms with van der Waals surface area (Å²) >= 11 is 0. The molecule has 0 amide bonds. The van der Waals surface area contributed by atoms with E-state index in [1.165, 1.54) is 13.0 Å². The van der Waals surface area contributed by atoms with Gasteiger partial charge in [-0.2, -0.15) is 0 Å². The van der Waals surface area contributed by atoms with Gasteiger partial charge >= 0.3 is 11.9 Å². The van der Waals surface area contributed by atoms with E-state index in [4.69, 9.17) is 19.9 Å². The molecule has 0 spiro atoms. The molecule has 0 radical (unpaired) electrons. The van der Waals surface area contributed by atoms with E-state index in [0.717, 1.165) is 6.42 Å². The Balaban J connectivity index is 2.34. The summed E-state index contributed by atoms with van der Waals surface area (Å²) in [6.45, 7) is 5.21. The predicted molar refractivity (Wildman–Crippen MR) is 196 cm³/mol. The Kier molecular flexibility index (Phi) is 21.3. The number of carbonyl (C=O) groups is 4. The van der Waals surface area contributed by atoms with E-state index in [1.54, 1.807) is 43.4 Å². The molecule has 0 aromatic heterocycles. The monoisotopic (exact) mass is 767 g/mol. The molecule has 0 aromatic carbocycles. The first kappa shape index (κ1) is 47.0. The SMILES string of the molecule is CCC[C@@H]1CC=CC=CC=CC=C[C@H](O[C@@H]2O[C@H](C)[C@H](O)[C@H](N)[C@@H]2O)C[C@H](O)[C@H](C(=O)O)[C@H](O)CC(=O)C[C@H](O)CCCC(=O)C[C@@H](O)[C@@H](CC)C(=O)O1. The second-order valence-corrected chi connectivity index (χ2v) is 14.2. The van der Waals surface area contributed by atoms with E-state index < -0.39 is 116 Å². The molecule has 0 aromatic rings. The third-order valence-corrected chi connectivity index (χ3v) is 9.64. The number of aliphatic hydroxyl groups excluding tert-OH is 6. The molecule has 13 atom stereocenters. The summed E-state index contributed by atoms with van der Waals surface area (Å²) < 4.78 is 17.2. The van der Waals surface area contributed by atoms with Crippen LogP contribution >= 0.6 is 0 Å². The summed E-state index contributed by atoms with van der Waals surface area (Å²) in [5, 5.41) is 73.7. The zero-order valence-electron chi connectivity index (χ0n) is 31.5. The van der Waals surface area contributed by atoms with Crippen LogP contribution < -0.4 is 5.73 Å². The molecule has 2 aliphatic rings. The van der Waals surface area contributed by atoms with Crippen molar-refractivity contribution in [2.45, 2.75) is 159 Å². The van der Waals surface area contributed by atoms with E-state index in [0.29, 0.717) is 12.8 Å². The summed E-state index contributed by atoms with van der Waals surface area (Å²) in [5.41, 5.74) is 5.94. The number of cyclic esters (lactones) is 1. The van der Waals surface area contributed by atoms with Crippen LogP contribution in [-0.2, 0) is 33.4 Å². The fourth-order valence-electron chi connectivity index (χ4n) is 6.47. The molecule has 9 N–H and O–H groups in total. The number of allylic oxidation sites excluding steroid dienone is 6. The lowest BCUT2D eigenvalue weighted by Gasteiger charge is -2.41. The van der Waals surface area contributed by atoms with Crippen LogP contribution in [0, 0.1) is 11.8 Å². The molecule has 0 aliphatic carbocycles. The summed E-state index contributed by atoms with van der Waals surface area (Å²) in [4.78, 5) is 50.6. The van der Waals surface area contributed by atoms with Crippen molar-refractivity contribution in [2.75, 3.05) is 0 Å². The Labute approximate surface area is 317 Å². The Morgan fingerprint density at radius 3 is 2.17 bits per heavy atom. The molecular weight excluding hydrogens is 706 g/mol.